The van der Waals surface area contributed by atoms with Crippen molar-refractivity contribution in [3.63, 3.8) is 0 Å². The maximum Gasteiger partial charge on any atom is 0.508 e. The van der Waals surface area contributed by atoms with Crippen molar-refractivity contribution < 1.29 is 53.3 Å². The van der Waals surface area contributed by atoms with Gasteiger partial charge in [-0.1, -0.05) is 0 Å². The van der Waals surface area contributed by atoms with Crippen LogP contribution in [0.25, 0.3) is 0 Å². The number of carbonyl (C=O) groups excluding carboxylic acids is 2. The van der Waals surface area contributed by atoms with Gasteiger partial charge in [-0.3, -0.25) is 5.26 Å². The molecule has 2 N–H and O–H groups in total. The average Bonchev–Trinajstić information content (AvgIpc) is 2.56. The smallest absolute Gasteiger partial charge is 0.432 e. The van der Waals surface area contributed by atoms with E-state index in [4.69, 9.17) is 19.8 Å². The van der Waals surface area contributed by atoms with Gasteiger partial charge in [-0.15, -0.1) is 0 Å². The molecular weight excluding hydrogens is 332 g/mol. The van der Waals surface area contributed by atoms with E-state index in [1.807, 2.05) is 0 Å². The zero-order chi connectivity index (χ0) is 18.0. The quantitative estimate of drug-likeness (QED) is 0.191. The molecule has 0 bridgehead atoms. The fourth-order valence-corrected chi connectivity index (χ4v) is 1.23. The zero-order valence-corrected chi connectivity index (χ0v) is 13.5. The summed E-state index contributed by atoms with van der Waals surface area (Å²) in [4.78, 5) is 25.6. The maximum atomic E-state index is 11.0. The van der Waals surface area contributed by atoms with Gasteiger partial charge in [0.15, 0.2) is 0 Å². The highest BCUT2D eigenvalue weighted by Gasteiger charge is 2.07. The van der Waals surface area contributed by atoms with E-state index in [2.05, 4.69) is 23.8 Å². The van der Waals surface area contributed by atoms with Crippen molar-refractivity contribution in [3.8, 4) is 0 Å². The van der Waals surface area contributed by atoms with Gasteiger partial charge >= 0.3 is 12.3 Å². The zero-order valence-electron chi connectivity index (χ0n) is 13.5. The van der Waals surface area contributed by atoms with Gasteiger partial charge in [0.25, 0.3) is 0 Å². The molecule has 0 rings (SSSR count). The minimum atomic E-state index is -0.884. The molecule has 11 nitrogen and oxygen atoms in total. The summed E-state index contributed by atoms with van der Waals surface area (Å²) in [6.45, 7) is 1.72. The molecule has 11 heteroatoms. The average molecular weight is 356 g/mol. The summed E-state index contributed by atoms with van der Waals surface area (Å²) in [7, 11) is 0. The minimum absolute atomic E-state index is 0.00530. The number of rotatable bonds is 14. The molecule has 0 aliphatic heterocycles. The molecule has 0 fully saturated rings. The van der Waals surface area contributed by atoms with Crippen LogP contribution in [0, 0.1) is 0 Å². The van der Waals surface area contributed by atoms with Gasteiger partial charge in [0.2, 0.25) is 0 Å². The molecule has 0 saturated heterocycles. The predicted molar refractivity (Wildman–Crippen MR) is 76.5 cm³/mol. The van der Waals surface area contributed by atoms with Gasteiger partial charge in [0.1, 0.15) is 33.0 Å². The SMILES string of the molecule is CC(COCCOC(=O)OCCOO)OCCOC(=O)OCCO. The Labute approximate surface area is 139 Å². The van der Waals surface area contributed by atoms with Crippen LogP contribution in [0.15, 0.2) is 0 Å². The van der Waals surface area contributed by atoms with Gasteiger partial charge in [-0.2, -0.15) is 0 Å². The Morgan fingerprint density at radius 2 is 1.38 bits per heavy atom. The van der Waals surface area contributed by atoms with Crippen molar-refractivity contribution in [2.45, 2.75) is 13.0 Å². The molecule has 1 unspecified atom stereocenters. The van der Waals surface area contributed by atoms with Crippen molar-refractivity contribution in [3.05, 3.63) is 0 Å². The highest BCUT2D eigenvalue weighted by atomic mass is 17.1. The van der Waals surface area contributed by atoms with Crippen LogP contribution in [0.5, 0.6) is 0 Å². The molecular formula is C13H24O11. The van der Waals surface area contributed by atoms with E-state index in [1.54, 1.807) is 6.92 Å². The van der Waals surface area contributed by atoms with Gasteiger partial charge in [0.05, 0.1) is 32.5 Å². The lowest BCUT2D eigenvalue weighted by Crippen LogP contribution is -2.22. The summed E-state index contributed by atoms with van der Waals surface area (Å²) in [6.07, 6.45) is -2.01. The molecule has 0 aliphatic rings. The van der Waals surface area contributed by atoms with E-state index in [1.165, 1.54) is 0 Å². The van der Waals surface area contributed by atoms with Crippen LogP contribution in [0.3, 0.4) is 0 Å². The molecule has 0 spiro atoms. The molecule has 0 heterocycles. The molecule has 0 aliphatic carbocycles. The van der Waals surface area contributed by atoms with E-state index in [-0.39, 0.29) is 65.6 Å². The van der Waals surface area contributed by atoms with Crippen LogP contribution in [-0.4, -0.2) is 88.2 Å². The first-order chi connectivity index (χ1) is 11.6. The van der Waals surface area contributed by atoms with E-state index < -0.39 is 12.3 Å². The number of hydrogen-bond donors (Lipinski definition) is 2. The molecule has 0 amide bonds. The third-order valence-corrected chi connectivity index (χ3v) is 2.21. The summed E-state index contributed by atoms with van der Waals surface area (Å²) < 4.78 is 28.9. The second kappa shape index (κ2) is 16.2. The van der Waals surface area contributed by atoms with Gasteiger partial charge in [0, 0.05) is 0 Å². The summed E-state index contributed by atoms with van der Waals surface area (Å²) >= 11 is 0. The summed E-state index contributed by atoms with van der Waals surface area (Å²) in [5.41, 5.74) is 0. The highest BCUT2D eigenvalue weighted by molar-refractivity contribution is 5.60. The minimum Gasteiger partial charge on any atom is -0.432 e. The van der Waals surface area contributed by atoms with Gasteiger partial charge < -0.3 is 33.5 Å². The molecule has 0 aromatic carbocycles. The summed E-state index contributed by atoms with van der Waals surface area (Å²) in [6, 6.07) is 0. The van der Waals surface area contributed by atoms with Crippen molar-refractivity contribution in [1.29, 1.82) is 0 Å². The first-order valence-corrected chi connectivity index (χ1v) is 7.25. The molecule has 24 heavy (non-hydrogen) atoms. The standard InChI is InChI=1S/C13H24O11/c1-11(19-6-7-22-12(15)20-3-2-14)10-18-4-5-21-13(16)23-8-9-24-17/h11,14,17H,2-10H2,1H3. The molecule has 0 aromatic heterocycles. The molecule has 0 aromatic rings. The molecule has 0 radical (unpaired) electrons. The third-order valence-electron chi connectivity index (χ3n) is 2.21. The van der Waals surface area contributed by atoms with Crippen LogP contribution in [0.4, 0.5) is 9.59 Å². The fourth-order valence-electron chi connectivity index (χ4n) is 1.23. The Kier molecular flexibility index (Phi) is 15.1. The van der Waals surface area contributed by atoms with Crippen molar-refractivity contribution in [2.24, 2.45) is 0 Å². The van der Waals surface area contributed by atoms with E-state index in [0.717, 1.165) is 0 Å². The largest absolute Gasteiger partial charge is 0.508 e. The Hall–Kier alpha value is -1.66. The molecule has 1 atom stereocenters. The van der Waals surface area contributed by atoms with Crippen LogP contribution in [0.1, 0.15) is 6.92 Å². The Morgan fingerprint density at radius 1 is 0.833 bits per heavy atom. The number of hydrogen-bond acceptors (Lipinski definition) is 11. The maximum absolute atomic E-state index is 11.0. The number of ether oxygens (including phenoxy) is 6. The lowest BCUT2D eigenvalue weighted by Gasteiger charge is -2.13. The molecule has 142 valence electrons. The topological polar surface area (TPSA) is 139 Å². The predicted octanol–water partition coefficient (Wildman–Crippen LogP) is 0.196. The lowest BCUT2D eigenvalue weighted by atomic mass is 10.4. The second-order valence-electron chi connectivity index (χ2n) is 4.21. The second-order valence-corrected chi connectivity index (χ2v) is 4.21. The van der Waals surface area contributed by atoms with Crippen LogP contribution in [0.2, 0.25) is 0 Å². The fraction of sp³-hybridized carbons (Fsp3) is 0.846. The van der Waals surface area contributed by atoms with Crippen LogP contribution < -0.4 is 0 Å². The van der Waals surface area contributed by atoms with E-state index >= 15 is 0 Å². The van der Waals surface area contributed by atoms with Gasteiger partial charge in [-0.05, 0) is 6.92 Å². The van der Waals surface area contributed by atoms with E-state index in [0.29, 0.717) is 0 Å². The Morgan fingerprint density at radius 3 is 1.96 bits per heavy atom. The van der Waals surface area contributed by atoms with Crippen LogP contribution >= 0.6 is 0 Å². The highest BCUT2D eigenvalue weighted by Crippen LogP contribution is 1.94. The van der Waals surface area contributed by atoms with E-state index in [9.17, 15) is 9.59 Å². The van der Waals surface area contributed by atoms with Crippen LogP contribution in [-0.2, 0) is 33.3 Å². The number of aliphatic hydroxyl groups excluding tert-OH is 1. The molecule has 0 saturated carbocycles. The van der Waals surface area contributed by atoms with Crippen molar-refractivity contribution >= 4 is 12.3 Å². The normalized spacial score (nSPS) is 11.6. The van der Waals surface area contributed by atoms with Crippen molar-refractivity contribution in [2.75, 3.05) is 59.5 Å². The monoisotopic (exact) mass is 356 g/mol. The first kappa shape index (κ1) is 22.3. The Balaban J connectivity index is 3.39. The number of aliphatic hydroxyl groups is 1. The van der Waals surface area contributed by atoms with Gasteiger partial charge in [-0.25, -0.2) is 14.5 Å². The Bertz CT molecular complexity index is 323. The number of carbonyl (C=O) groups is 2. The summed E-state index contributed by atoms with van der Waals surface area (Å²) in [5.74, 6) is 0. The van der Waals surface area contributed by atoms with Crippen molar-refractivity contribution in [1.82, 2.24) is 0 Å². The third kappa shape index (κ3) is 15.2. The summed E-state index contributed by atoms with van der Waals surface area (Å²) in [5, 5.41) is 16.5. The first-order valence-electron chi connectivity index (χ1n) is 7.25. The lowest BCUT2D eigenvalue weighted by molar-refractivity contribution is -0.247.